The summed E-state index contributed by atoms with van der Waals surface area (Å²) >= 11 is 6.46. The van der Waals surface area contributed by atoms with E-state index in [0.717, 1.165) is 5.75 Å². The van der Waals surface area contributed by atoms with Crippen LogP contribution >= 0.6 is 24.0 Å². The van der Waals surface area contributed by atoms with Crippen LogP contribution in [0.15, 0.2) is 47.4 Å². The van der Waals surface area contributed by atoms with Crippen LogP contribution in [0, 0.1) is 0 Å². The average Bonchev–Trinajstić information content (AvgIpc) is 2.70. The van der Waals surface area contributed by atoms with Gasteiger partial charge in [0.05, 0.1) is 6.61 Å². The van der Waals surface area contributed by atoms with Gasteiger partial charge in [0, 0.05) is 10.6 Å². The van der Waals surface area contributed by atoms with Gasteiger partial charge in [-0.1, -0.05) is 64.1 Å². The van der Waals surface area contributed by atoms with Gasteiger partial charge in [-0.3, -0.25) is 0 Å². The van der Waals surface area contributed by atoms with Crippen LogP contribution in [0.1, 0.15) is 69.7 Å². The van der Waals surface area contributed by atoms with Gasteiger partial charge in [0.15, 0.2) is 0 Å². The number of ether oxygens (including phenoxy) is 1. The second-order valence-electron chi connectivity index (χ2n) is 9.24. The van der Waals surface area contributed by atoms with Crippen molar-refractivity contribution in [2.24, 2.45) is 0 Å². The molecule has 3 heteroatoms. The highest BCUT2D eigenvalue weighted by atomic mass is 32.2. The molecule has 0 saturated heterocycles. The highest BCUT2D eigenvalue weighted by molar-refractivity contribution is 7.99. The zero-order valence-corrected chi connectivity index (χ0v) is 19.9. The van der Waals surface area contributed by atoms with E-state index in [-0.39, 0.29) is 10.8 Å². The van der Waals surface area contributed by atoms with E-state index < -0.39 is 0 Å². The predicted octanol–water partition coefficient (Wildman–Crippen LogP) is 7.66. The van der Waals surface area contributed by atoms with E-state index in [9.17, 15) is 0 Å². The van der Waals surface area contributed by atoms with E-state index in [1.165, 1.54) is 51.1 Å². The fourth-order valence-corrected chi connectivity index (χ4v) is 4.92. The number of hydrogen-bond donors (Lipinski definition) is 0. The first kappa shape index (κ1) is 22.1. The SMILES string of the molecule is C/C(=C\c1ccc(SCCOC=S)cc1)c1ccc2c(c1)C(C)(C)CCC2(C)C. The minimum absolute atomic E-state index is 0.243. The van der Waals surface area contributed by atoms with Gasteiger partial charge in [0.1, 0.15) is 5.55 Å². The van der Waals surface area contributed by atoms with Crippen molar-refractivity contribution in [2.75, 3.05) is 12.4 Å². The van der Waals surface area contributed by atoms with Gasteiger partial charge < -0.3 is 4.74 Å². The minimum Gasteiger partial charge on any atom is -0.489 e. The minimum atomic E-state index is 0.243. The third-order valence-electron chi connectivity index (χ3n) is 6.11. The lowest BCUT2D eigenvalue weighted by Gasteiger charge is -2.42. The molecule has 0 spiro atoms. The number of hydrogen-bond acceptors (Lipinski definition) is 3. The van der Waals surface area contributed by atoms with Crippen LogP contribution in [0.5, 0.6) is 0 Å². The molecule has 0 unspecified atom stereocenters. The van der Waals surface area contributed by atoms with Crippen LogP contribution in [-0.2, 0) is 15.6 Å². The van der Waals surface area contributed by atoms with Crippen molar-refractivity contribution in [2.45, 2.75) is 63.2 Å². The van der Waals surface area contributed by atoms with Crippen molar-refractivity contribution in [1.82, 2.24) is 0 Å². The molecular formula is C26H32OS2. The third-order valence-corrected chi connectivity index (χ3v) is 7.22. The van der Waals surface area contributed by atoms with Gasteiger partial charge in [-0.05, 0) is 82.8 Å². The van der Waals surface area contributed by atoms with Crippen LogP contribution in [0.4, 0.5) is 0 Å². The maximum atomic E-state index is 5.11. The Kier molecular flexibility index (Phi) is 6.90. The lowest BCUT2D eigenvalue weighted by molar-refractivity contribution is 0.332. The smallest absolute Gasteiger partial charge is 0.146 e. The summed E-state index contributed by atoms with van der Waals surface area (Å²) in [5, 5.41) is 0. The first-order valence-corrected chi connectivity index (χ1v) is 11.8. The number of thioether (sulfide) groups is 1. The van der Waals surface area contributed by atoms with Crippen molar-refractivity contribution in [3.63, 3.8) is 0 Å². The van der Waals surface area contributed by atoms with Crippen molar-refractivity contribution < 1.29 is 4.74 Å². The highest BCUT2D eigenvalue weighted by Crippen LogP contribution is 2.46. The van der Waals surface area contributed by atoms with E-state index >= 15 is 0 Å². The molecule has 1 aliphatic rings. The molecule has 1 aliphatic carbocycles. The van der Waals surface area contributed by atoms with Crippen LogP contribution < -0.4 is 0 Å². The Balaban J connectivity index is 1.79. The van der Waals surface area contributed by atoms with E-state index in [4.69, 9.17) is 4.74 Å². The molecule has 29 heavy (non-hydrogen) atoms. The van der Waals surface area contributed by atoms with Crippen LogP contribution in [0.2, 0.25) is 0 Å². The lowest BCUT2D eigenvalue weighted by atomic mass is 9.63. The Labute approximate surface area is 185 Å². The highest BCUT2D eigenvalue weighted by Gasteiger charge is 2.36. The second-order valence-corrected chi connectivity index (χ2v) is 10.6. The Morgan fingerprint density at radius 2 is 1.66 bits per heavy atom. The summed E-state index contributed by atoms with van der Waals surface area (Å²) in [5.41, 5.74) is 8.75. The first-order chi connectivity index (χ1) is 13.7. The number of benzene rings is 2. The molecule has 3 rings (SSSR count). The maximum absolute atomic E-state index is 5.11. The van der Waals surface area contributed by atoms with E-state index in [2.05, 4.69) is 95.4 Å². The van der Waals surface area contributed by atoms with Gasteiger partial charge in [0.2, 0.25) is 0 Å². The quantitative estimate of drug-likeness (QED) is 0.195. The fraction of sp³-hybridized carbons (Fsp3) is 0.423. The molecule has 1 nitrogen and oxygen atoms in total. The summed E-state index contributed by atoms with van der Waals surface area (Å²) in [6.07, 6.45) is 4.78. The molecule has 0 aromatic heterocycles. The molecule has 0 heterocycles. The largest absolute Gasteiger partial charge is 0.489 e. The lowest BCUT2D eigenvalue weighted by Crippen LogP contribution is -2.33. The first-order valence-electron chi connectivity index (χ1n) is 10.3. The molecule has 0 fully saturated rings. The van der Waals surface area contributed by atoms with Gasteiger partial charge in [-0.2, -0.15) is 0 Å². The number of rotatable bonds is 7. The molecular weight excluding hydrogens is 392 g/mol. The van der Waals surface area contributed by atoms with Gasteiger partial charge >= 0.3 is 0 Å². The summed E-state index contributed by atoms with van der Waals surface area (Å²) in [5.74, 6) is 0.905. The maximum Gasteiger partial charge on any atom is 0.146 e. The molecule has 0 saturated carbocycles. The molecule has 0 bridgehead atoms. The molecule has 0 N–H and O–H groups in total. The summed E-state index contributed by atoms with van der Waals surface area (Å²) in [7, 11) is 0. The van der Waals surface area contributed by atoms with Crippen molar-refractivity contribution in [3.8, 4) is 0 Å². The zero-order chi connectivity index (χ0) is 21.1. The number of allylic oxidation sites excluding steroid dienone is 1. The van der Waals surface area contributed by atoms with E-state index in [0.29, 0.717) is 6.61 Å². The van der Waals surface area contributed by atoms with Crippen LogP contribution in [0.3, 0.4) is 0 Å². The average molecular weight is 425 g/mol. The zero-order valence-electron chi connectivity index (χ0n) is 18.2. The summed E-state index contributed by atoms with van der Waals surface area (Å²) < 4.78 is 5.11. The molecule has 0 atom stereocenters. The normalized spacial score (nSPS) is 17.5. The predicted molar refractivity (Wildman–Crippen MR) is 132 cm³/mol. The monoisotopic (exact) mass is 424 g/mol. The van der Waals surface area contributed by atoms with Crippen molar-refractivity contribution in [3.05, 3.63) is 64.7 Å². The number of thiocarbonyl (C=S) groups is 1. The Bertz CT molecular complexity index is 891. The Hall–Kier alpha value is -1.58. The topological polar surface area (TPSA) is 9.23 Å². The van der Waals surface area contributed by atoms with Gasteiger partial charge in [-0.25, -0.2) is 0 Å². The Morgan fingerprint density at radius 1 is 1.00 bits per heavy atom. The van der Waals surface area contributed by atoms with Gasteiger partial charge in [0.25, 0.3) is 0 Å². The summed E-state index contributed by atoms with van der Waals surface area (Å²) in [6, 6.07) is 15.8. The van der Waals surface area contributed by atoms with Gasteiger partial charge in [-0.15, -0.1) is 11.8 Å². The van der Waals surface area contributed by atoms with E-state index in [1.807, 2.05) is 0 Å². The van der Waals surface area contributed by atoms with Crippen molar-refractivity contribution >= 4 is 41.2 Å². The van der Waals surface area contributed by atoms with Crippen LogP contribution in [-0.4, -0.2) is 17.9 Å². The number of fused-ring (bicyclic) bond motifs is 1. The molecule has 2 aromatic carbocycles. The molecule has 2 aromatic rings. The molecule has 154 valence electrons. The fourth-order valence-electron chi connectivity index (χ4n) is 4.08. The second kappa shape index (κ2) is 9.06. The third kappa shape index (κ3) is 5.32. The standard InChI is InChI=1S/C26H32OS2/c1-19(16-20-6-9-22(10-7-20)29-15-14-27-18-28)21-8-11-23-24(17-21)26(4,5)13-12-25(23,2)3/h6-11,16-18H,12-15H2,1-5H3/b19-16+. The molecule has 0 amide bonds. The van der Waals surface area contributed by atoms with Crippen LogP contribution in [0.25, 0.3) is 11.6 Å². The Morgan fingerprint density at radius 3 is 2.31 bits per heavy atom. The molecule has 0 aliphatic heterocycles. The summed E-state index contributed by atoms with van der Waals surface area (Å²) in [4.78, 5) is 1.26. The van der Waals surface area contributed by atoms with E-state index in [1.54, 1.807) is 11.8 Å². The summed E-state index contributed by atoms with van der Waals surface area (Å²) in [6.45, 7) is 12.4. The molecule has 0 radical (unpaired) electrons. The van der Waals surface area contributed by atoms with Crippen molar-refractivity contribution in [1.29, 1.82) is 0 Å².